The number of ether oxygens (including phenoxy) is 1. The van der Waals surface area contributed by atoms with Gasteiger partial charge in [-0.1, -0.05) is 19.1 Å². The molecular weight excluding hydrogens is 947 g/mol. The van der Waals surface area contributed by atoms with Gasteiger partial charge in [0, 0.05) is 105 Å². The highest BCUT2D eigenvalue weighted by Gasteiger charge is 2.35. The number of pyridine rings is 1. The van der Waals surface area contributed by atoms with E-state index in [1.807, 2.05) is 36.4 Å². The van der Waals surface area contributed by atoms with E-state index in [2.05, 4.69) is 83.6 Å². The van der Waals surface area contributed by atoms with Crippen molar-refractivity contribution in [2.24, 2.45) is 0 Å². The summed E-state index contributed by atoms with van der Waals surface area (Å²) in [5, 5.41) is 11.1. The maximum atomic E-state index is 14.5. The smallest absolute Gasteiger partial charge is 0.420 e. The Morgan fingerprint density at radius 1 is 0.912 bits per heavy atom. The second-order valence-electron chi connectivity index (χ2n) is 18.6. The van der Waals surface area contributed by atoms with Crippen LogP contribution in [0.2, 0.25) is 0 Å². The molecule has 0 radical (unpaired) electrons. The van der Waals surface area contributed by atoms with Crippen molar-refractivity contribution in [3.05, 3.63) is 92.6 Å². The van der Waals surface area contributed by atoms with E-state index in [-0.39, 0.29) is 18.7 Å². The third-order valence-electron chi connectivity index (χ3n) is 14.4. The molecule has 4 fully saturated rings. The number of aryl methyl sites for hydroxylation is 2. The minimum atomic E-state index is -2.64. The SMILES string of the molecule is CCc1ccc2c(P3(=O)CCCC3)c(Nc3nc(Nc4cc(C)c(N5CCC(N6CCN(CCc7ccc8c(c7)oc(=O)n8C7CCC(=O)NC7=O)CC6)CC5)cc4OC)ncc3Br)ccc2n1. The van der Waals surface area contributed by atoms with E-state index in [0.29, 0.717) is 51.5 Å². The molecular formula is C50H58BrN10O6P. The standard InChI is InChI=1S/C50H58BrN10O6P/c1-4-33-8-9-35-37(53-33)10-11-38(46(35)68(65)25-5-6-26-68)54-47-36(51)30-52-49(57-47)55-39-27-31(2)42(29-43(39)66-3)60-19-16-34(17-20-60)59-23-21-58(22-24-59)18-15-32-7-12-40-44(28-32)67-50(64)61(40)41-13-14-45(62)56-48(41)63/h7-12,27-30,34,41H,4-6,13-26H2,1-3H3,(H,56,62,63)(H2,52,54,55,57). The van der Waals surface area contributed by atoms with Gasteiger partial charge < -0.3 is 34.2 Å². The molecule has 6 aromatic rings. The number of hydrogen-bond acceptors (Lipinski definition) is 14. The lowest BCUT2D eigenvalue weighted by Gasteiger charge is -2.43. The van der Waals surface area contributed by atoms with E-state index in [1.165, 1.54) is 4.57 Å². The van der Waals surface area contributed by atoms with Crippen molar-refractivity contribution in [1.29, 1.82) is 0 Å². The molecule has 0 saturated carbocycles. The van der Waals surface area contributed by atoms with Crippen LogP contribution in [0, 0.1) is 6.92 Å². The van der Waals surface area contributed by atoms with Gasteiger partial charge in [0.1, 0.15) is 24.8 Å². The fraction of sp³-hybridized carbons (Fsp3) is 0.440. The van der Waals surface area contributed by atoms with Gasteiger partial charge in [0.2, 0.25) is 17.8 Å². The van der Waals surface area contributed by atoms with E-state index in [1.54, 1.807) is 13.3 Å². The molecule has 0 bridgehead atoms. The number of methoxy groups -OCH3 is 1. The summed E-state index contributed by atoms with van der Waals surface area (Å²) >= 11 is 3.67. The average molecular weight is 1010 g/mol. The van der Waals surface area contributed by atoms with Gasteiger partial charge in [-0.05, 0) is 115 Å². The molecule has 0 spiro atoms. The van der Waals surface area contributed by atoms with Gasteiger partial charge >= 0.3 is 5.76 Å². The molecule has 4 aliphatic rings. The van der Waals surface area contributed by atoms with Crippen molar-refractivity contribution in [3.63, 3.8) is 0 Å². The summed E-state index contributed by atoms with van der Waals surface area (Å²) in [5.74, 6) is 0.305. The number of piperidine rings is 2. The maximum absolute atomic E-state index is 14.5. The second-order valence-corrected chi connectivity index (χ2v) is 22.5. The molecule has 0 aliphatic carbocycles. The summed E-state index contributed by atoms with van der Waals surface area (Å²) in [6.45, 7) is 11.1. The lowest BCUT2D eigenvalue weighted by atomic mass is 10.00. The molecule has 16 nitrogen and oxygen atoms in total. The molecule has 7 heterocycles. The summed E-state index contributed by atoms with van der Waals surface area (Å²) in [4.78, 5) is 58.9. The molecule has 18 heteroatoms. The number of hydrogen-bond donors (Lipinski definition) is 3. The maximum Gasteiger partial charge on any atom is 0.420 e. The molecule has 68 heavy (non-hydrogen) atoms. The van der Waals surface area contributed by atoms with E-state index in [0.717, 1.165) is 134 Å². The molecule has 2 amide bonds. The fourth-order valence-electron chi connectivity index (χ4n) is 10.7. The first-order chi connectivity index (χ1) is 33.0. The third kappa shape index (κ3) is 9.29. The van der Waals surface area contributed by atoms with Crippen LogP contribution in [0.3, 0.4) is 0 Å². The predicted molar refractivity (Wildman–Crippen MR) is 270 cm³/mol. The zero-order chi connectivity index (χ0) is 47.1. The number of carbonyl (C=O) groups is 2. The first-order valence-electron chi connectivity index (χ1n) is 23.9. The van der Waals surface area contributed by atoms with E-state index in [4.69, 9.17) is 19.1 Å². The lowest BCUT2D eigenvalue weighted by molar-refractivity contribution is -0.135. The van der Waals surface area contributed by atoms with Gasteiger partial charge in [-0.15, -0.1) is 0 Å². The van der Waals surface area contributed by atoms with Crippen LogP contribution in [0.4, 0.5) is 28.8 Å². The number of benzene rings is 3. The van der Waals surface area contributed by atoms with Gasteiger partial charge in [-0.3, -0.25) is 29.4 Å². The van der Waals surface area contributed by atoms with E-state index in [9.17, 15) is 18.9 Å². The predicted octanol–water partition coefficient (Wildman–Crippen LogP) is 7.65. The molecule has 3 aromatic carbocycles. The van der Waals surface area contributed by atoms with Crippen LogP contribution in [0.25, 0.3) is 22.0 Å². The number of halogens is 1. The Labute approximate surface area is 403 Å². The first kappa shape index (κ1) is 46.1. The van der Waals surface area contributed by atoms with Gasteiger partial charge in [0.15, 0.2) is 5.58 Å². The summed E-state index contributed by atoms with van der Waals surface area (Å²) in [6.07, 6.45) is 9.32. The van der Waals surface area contributed by atoms with Crippen molar-refractivity contribution >= 4 is 91.0 Å². The number of imide groups is 1. The summed E-state index contributed by atoms with van der Waals surface area (Å²) in [5.41, 5.74) is 7.83. The molecule has 10 rings (SSSR count). The van der Waals surface area contributed by atoms with Crippen LogP contribution in [-0.4, -0.2) is 112 Å². The zero-order valence-corrected chi connectivity index (χ0v) is 41.3. The van der Waals surface area contributed by atoms with Crippen LogP contribution in [0.5, 0.6) is 5.75 Å². The van der Waals surface area contributed by atoms with Gasteiger partial charge in [-0.25, -0.2) is 9.78 Å². The van der Waals surface area contributed by atoms with E-state index >= 15 is 0 Å². The number of fused-ring (bicyclic) bond motifs is 2. The average Bonchev–Trinajstić information content (AvgIpc) is 3.94. The van der Waals surface area contributed by atoms with Gasteiger partial charge in [0.05, 0.1) is 34.0 Å². The Morgan fingerprint density at radius 3 is 2.46 bits per heavy atom. The molecule has 3 N–H and O–H groups in total. The number of rotatable bonds is 13. The summed E-state index contributed by atoms with van der Waals surface area (Å²) in [7, 11) is -0.953. The largest absolute Gasteiger partial charge is 0.494 e. The number of oxazole rings is 1. The minimum absolute atomic E-state index is 0.191. The lowest BCUT2D eigenvalue weighted by Crippen LogP contribution is -2.53. The second kappa shape index (κ2) is 19.4. The monoisotopic (exact) mass is 1000 g/mol. The van der Waals surface area contributed by atoms with Crippen LogP contribution >= 0.6 is 23.1 Å². The molecule has 356 valence electrons. The number of piperazine rings is 1. The van der Waals surface area contributed by atoms with Crippen LogP contribution in [-0.2, 0) is 27.0 Å². The number of nitrogens with zero attached hydrogens (tertiary/aromatic N) is 7. The van der Waals surface area contributed by atoms with Crippen LogP contribution in [0.1, 0.15) is 68.3 Å². The van der Waals surface area contributed by atoms with Crippen LogP contribution in [0.15, 0.2) is 74.5 Å². The normalized spacial score (nSPS) is 19.5. The number of anilines is 5. The van der Waals surface area contributed by atoms with Crippen LogP contribution < -0.4 is 36.6 Å². The Morgan fingerprint density at radius 2 is 1.71 bits per heavy atom. The Hall–Kier alpha value is -5.61. The Balaban J connectivity index is 0.745. The van der Waals surface area contributed by atoms with Crippen molar-refractivity contribution < 1.29 is 23.3 Å². The Bertz CT molecular complexity index is 3010. The van der Waals surface area contributed by atoms with Gasteiger partial charge in [0.25, 0.3) is 0 Å². The minimum Gasteiger partial charge on any atom is -0.494 e. The summed E-state index contributed by atoms with van der Waals surface area (Å²) < 4.78 is 28.1. The highest BCUT2D eigenvalue weighted by Crippen LogP contribution is 2.54. The molecule has 4 saturated heterocycles. The number of aromatic nitrogens is 4. The van der Waals surface area contributed by atoms with Crippen molar-refractivity contribution in [3.8, 4) is 5.75 Å². The zero-order valence-electron chi connectivity index (χ0n) is 38.9. The number of carbonyl (C=O) groups excluding carboxylic acids is 2. The third-order valence-corrected chi connectivity index (χ3v) is 18.3. The molecule has 4 aliphatic heterocycles. The van der Waals surface area contributed by atoms with Gasteiger partial charge in [-0.2, -0.15) is 4.98 Å². The Kier molecular flexibility index (Phi) is 13.2. The first-order valence-corrected chi connectivity index (χ1v) is 26.8. The molecule has 1 unspecified atom stereocenters. The fourth-order valence-corrected chi connectivity index (χ4v) is 14.3. The quantitative estimate of drug-likeness (QED) is 0.0759. The molecule has 3 aromatic heterocycles. The molecule has 1 atom stereocenters. The summed E-state index contributed by atoms with van der Waals surface area (Å²) in [6, 6.07) is 17.9. The van der Waals surface area contributed by atoms with E-state index < -0.39 is 24.8 Å². The highest BCUT2D eigenvalue weighted by molar-refractivity contribution is 9.10. The van der Waals surface area contributed by atoms with Crippen molar-refractivity contribution in [1.82, 2.24) is 34.6 Å². The van der Waals surface area contributed by atoms with Crippen molar-refractivity contribution in [2.45, 2.75) is 77.3 Å². The highest BCUT2D eigenvalue weighted by atomic mass is 79.9. The number of nitrogens with one attached hydrogen (secondary N) is 3. The van der Waals surface area contributed by atoms with Crippen molar-refractivity contribution in [2.75, 3.05) is 80.8 Å². The number of amides is 2. The topological polar surface area (TPSA) is 180 Å².